The van der Waals surface area contributed by atoms with Crippen LogP contribution < -0.4 is 15.8 Å². The number of pyridine rings is 1. The van der Waals surface area contributed by atoms with Gasteiger partial charge in [-0.1, -0.05) is 0 Å². The second-order valence-electron chi connectivity index (χ2n) is 6.80. The number of nitrogens with two attached hydrogens (primary N) is 1. The molecule has 186 valence electrons. The summed E-state index contributed by atoms with van der Waals surface area (Å²) in [4.78, 5) is 24.1. The Morgan fingerprint density at radius 2 is 2.03 bits per heavy atom. The van der Waals surface area contributed by atoms with Gasteiger partial charge in [0.25, 0.3) is 0 Å². The van der Waals surface area contributed by atoms with Crippen molar-refractivity contribution in [2.24, 2.45) is 5.73 Å². The van der Waals surface area contributed by atoms with Gasteiger partial charge in [-0.25, -0.2) is 22.6 Å². The van der Waals surface area contributed by atoms with Crippen LogP contribution in [0.25, 0.3) is 0 Å². The molecular weight excluding hydrogens is 476 g/mol. The van der Waals surface area contributed by atoms with Gasteiger partial charge in [0.05, 0.1) is 12.5 Å². The summed E-state index contributed by atoms with van der Waals surface area (Å²) in [6.07, 6.45) is -2.10. The summed E-state index contributed by atoms with van der Waals surface area (Å²) in [7, 11) is -3.72. The van der Waals surface area contributed by atoms with Gasteiger partial charge in [-0.05, 0) is 18.9 Å². The average Bonchev–Trinajstić information content (AvgIpc) is 2.74. The van der Waals surface area contributed by atoms with E-state index in [1.165, 1.54) is 29.6 Å². The van der Waals surface area contributed by atoms with Crippen molar-refractivity contribution >= 4 is 21.9 Å². The van der Waals surface area contributed by atoms with Crippen LogP contribution in [0, 0.1) is 0 Å². The molecule has 0 radical (unpaired) electrons. The Hall–Kier alpha value is -2.78. The minimum absolute atomic E-state index is 0.0212. The number of aromatic nitrogens is 1. The van der Waals surface area contributed by atoms with Crippen molar-refractivity contribution in [2.45, 2.75) is 36.9 Å². The first kappa shape index (κ1) is 28.3. The first-order valence-corrected chi connectivity index (χ1v) is 10.9. The molecule has 2 heterocycles. The largest absolute Gasteiger partial charge is 0.490 e. The molecule has 10 nitrogen and oxygen atoms in total. The molecule has 33 heavy (non-hydrogen) atoms. The summed E-state index contributed by atoms with van der Waals surface area (Å²) >= 11 is 0. The van der Waals surface area contributed by atoms with Crippen molar-refractivity contribution < 1.29 is 45.4 Å². The Balaban J connectivity index is 0.000000675. The third kappa shape index (κ3) is 9.31. The van der Waals surface area contributed by atoms with E-state index in [0.717, 1.165) is 6.42 Å². The third-order valence-electron chi connectivity index (χ3n) is 4.20. The normalized spacial score (nSPS) is 17.5. The molecule has 1 aromatic rings. The molecule has 1 aliphatic rings. The SMILES string of the molecule is CC(=O)N[C@H]1CCCN(S(=O)(=O)c2ccc(OC/C(=C/F)CN)nc2)C1.O=C(O)C(F)(F)F. The van der Waals surface area contributed by atoms with Gasteiger partial charge in [-0.15, -0.1) is 0 Å². The lowest BCUT2D eigenvalue weighted by molar-refractivity contribution is -0.192. The summed E-state index contributed by atoms with van der Waals surface area (Å²) in [5.41, 5.74) is 5.60. The summed E-state index contributed by atoms with van der Waals surface area (Å²) in [5.74, 6) is -2.77. The van der Waals surface area contributed by atoms with Crippen LogP contribution in [0.5, 0.6) is 5.88 Å². The fraction of sp³-hybridized carbons (Fsp3) is 0.500. The van der Waals surface area contributed by atoms with Gasteiger partial charge >= 0.3 is 12.1 Å². The highest BCUT2D eigenvalue weighted by atomic mass is 32.2. The molecule has 15 heteroatoms. The van der Waals surface area contributed by atoms with E-state index in [1.54, 1.807) is 0 Å². The summed E-state index contributed by atoms with van der Waals surface area (Å²) in [6, 6.07) is 2.60. The van der Waals surface area contributed by atoms with Gasteiger partial charge in [0.1, 0.15) is 11.5 Å². The maximum atomic E-state index is 12.7. The van der Waals surface area contributed by atoms with Crippen LogP contribution in [-0.4, -0.2) is 73.1 Å². The monoisotopic (exact) mass is 500 g/mol. The number of ether oxygens (including phenoxy) is 1. The second kappa shape index (κ2) is 12.5. The predicted octanol–water partition coefficient (Wildman–Crippen LogP) is 1.19. The number of rotatable bonds is 7. The van der Waals surface area contributed by atoms with Crippen molar-refractivity contribution in [3.63, 3.8) is 0 Å². The zero-order valence-electron chi connectivity index (χ0n) is 17.5. The van der Waals surface area contributed by atoms with Crippen LogP contribution >= 0.6 is 0 Å². The van der Waals surface area contributed by atoms with Crippen LogP contribution in [0.2, 0.25) is 0 Å². The number of hydrogen-bond donors (Lipinski definition) is 3. The Kier molecular flexibility index (Phi) is 10.7. The van der Waals surface area contributed by atoms with Crippen molar-refractivity contribution in [1.29, 1.82) is 0 Å². The Labute approximate surface area is 187 Å². The van der Waals surface area contributed by atoms with E-state index in [4.69, 9.17) is 20.4 Å². The summed E-state index contributed by atoms with van der Waals surface area (Å²) < 4.78 is 76.3. The van der Waals surface area contributed by atoms with E-state index in [2.05, 4.69) is 10.3 Å². The van der Waals surface area contributed by atoms with Gasteiger partial charge in [-0.3, -0.25) is 4.79 Å². The number of aliphatic carboxylic acids is 1. The number of hydrogen-bond acceptors (Lipinski definition) is 7. The van der Waals surface area contributed by atoms with Crippen molar-refractivity contribution in [3.8, 4) is 5.88 Å². The van der Waals surface area contributed by atoms with Crippen LogP contribution in [0.4, 0.5) is 17.6 Å². The second-order valence-corrected chi connectivity index (χ2v) is 8.74. The molecule has 0 aromatic carbocycles. The van der Waals surface area contributed by atoms with E-state index in [9.17, 15) is 30.8 Å². The lowest BCUT2D eigenvalue weighted by atomic mass is 10.1. The molecule has 1 aromatic heterocycles. The van der Waals surface area contributed by atoms with Crippen molar-refractivity contribution in [3.05, 3.63) is 30.2 Å². The summed E-state index contributed by atoms with van der Waals surface area (Å²) in [5, 5.41) is 9.88. The van der Waals surface area contributed by atoms with Gasteiger partial charge in [-0.2, -0.15) is 17.5 Å². The standard InChI is InChI=1S/C16H23FN4O4S.C2HF3O2/c1-12(22)20-14-3-2-6-21(10-14)26(23,24)15-4-5-16(19-9-15)25-11-13(7-17)8-18;3-2(4,5)1(6)7/h4-5,7,9,14H,2-3,6,8,10-11,18H2,1H3,(H,20,22);(H,6,7)/b13-7+;/t14-;/m0./s1. The Bertz CT molecular complexity index is 938. The molecule has 0 bridgehead atoms. The van der Waals surface area contributed by atoms with Crippen LogP contribution in [0.15, 0.2) is 35.1 Å². The zero-order chi connectivity index (χ0) is 25.2. The number of carbonyl (C=O) groups excluding carboxylic acids is 1. The molecule has 0 aliphatic carbocycles. The fourth-order valence-corrected chi connectivity index (χ4v) is 4.09. The number of alkyl halides is 3. The molecule has 0 saturated carbocycles. The average molecular weight is 500 g/mol. The smallest absolute Gasteiger partial charge is 0.475 e. The maximum absolute atomic E-state index is 12.7. The molecule has 1 fully saturated rings. The van der Waals surface area contributed by atoms with Gasteiger partial charge in [0, 0.05) is 44.2 Å². The Morgan fingerprint density at radius 3 is 2.48 bits per heavy atom. The van der Waals surface area contributed by atoms with Crippen molar-refractivity contribution in [1.82, 2.24) is 14.6 Å². The highest BCUT2D eigenvalue weighted by Crippen LogP contribution is 2.21. The molecular formula is C18H24F4N4O6S. The number of nitrogens with one attached hydrogen (secondary N) is 1. The fourth-order valence-electron chi connectivity index (χ4n) is 2.62. The quantitative estimate of drug-likeness (QED) is 0.472. The topological polar surface area (TPSA) is 152 Å². The number of nitrogens with zero attached hydrogens (tertiary/aromatic N) is 2. The number of piperidine rings is 1. The van der Waals surface area contributed by atoms with E-state index in [-0.39, 0.29) is 48.0 Å². The van der Waals surface area contributed by atoms with E-state index in [0.29, 0.717) is 19.3 Å². The highest BCUT2D eigenvalue weighted by molar-refractivity contribution is 7.89. The number of sulfonamides is 1. The number of carbonyl (C=O) groups is 2. The molecule has 4 N–H and O–H groups in total. The molecule has 0 unspecified atom stereocenters. The molecule has 1 saturated heterocycles. The minimum Gasteiger partial charge on any atom is -0.475 e. The minimum atomic E-state index is -5.08. The first-order valence-electron chi connectivity index (χ1n) is 9.45. The number of carboxylic acid groups (broad SMARTS) is 1. The third-order valence-corrected chi connectivity index (χ3v) is 6.05. The highest BCUT2D eigenvalue weighted by Gasteiger charge is 2.38. The predicted molar refractivity (Wildman–Crippen MR) is 107 cm³/mol. The van der Waals surface area contributed by atoms with Gasteiger partial charge in [0.2, 0.25) is 21.8 Å². The first-order chi connectivity index (χ1) is 15.3. The molecule has 0 spiro atoms. The van der Waals surface area contributed by atoms with E-state index < -0.39 is 22.2 Å². The summed E-state index contributed by atoms with van der Waals surface area (Å²) in [6.45, 7) is 1.98. The molecule has 1 aliphatic heterocycles. The molecule has 1 amide bonds. The van der Waals surface area contributed by atoms with Gasteiger partial charge in [0.15, 0.2) is 0 Å². The van der Waals surface area contributed by atoms with Gasteiger partial charge < -0.3 is 20.9 Å². The lowest BCUT2D eigenvalue weighted by Gasteiger charge is -2.32. The van der Waals surface area contributed by atoms with Crippen LogP contribution in [0.3, 0.4) is 0 Å². The van der Waals surface area contributed by atoms with E-state index in [1.807, 2.05) is 0 Å². The number of halogens is 4. The van der Waals surface area contributed by atoms with Crippen LogP contribution in [0.1, 0.15) is 19.8 Å². The zero-order valence-corrected chi connectivity index (χ0v) is 18.3. The lowest BCUT2D eigenvalue weighted by Crippen LogP contribution is -2.49. The van der Waals surface area contributed by atoms with Crippen LogP contribution in [-0.2, 0) is 19.6 Å². The molecule has 1 atom stereocenters. The Morgan fingerprint density at radius 1 is 1.39 bits per heavy atom. The maximum Gasteiger partial charge on any atom is 0.490 e. The van der Waals surface area contributed by atoms with Crippen molar-refractivity contribution in [2.75, 3.05) is 26.2 Å². The number of amides is 1. The molecule has 2 rings (SSSR count). The van der Waals surface area contributed by atoms with E-state index >= 15 is 0 Å². The number of carboxylic acids is 1.